The summed E-state index contributed by atoms with van der Waals surface area (Å²) < 4.78 is 20.9. The van der Waals surface area contributed by atoms with Gasteiger partial charge >= 0.3 is 17.9 Å². The van der Waals surface area contributed by atoms with E-state index in [1.165, 1.54) is 27.9 Å². The van der Waals surface area contributed by atoms with Gasteiger partial charge in [0.25, 0.3) is 0 Å². The predicted molar refractivity (Wildman–Crippen MR) is 153 cm³/mol. The first kappa shape index (κ1) is 31.4. The highest BCUT2D eigenvalue weighted by molar-refractivity contribution is 6.39. The molecule has 4 N–H and O–H groups in total. The monoisotopic (exact) mass is 605 g/mol. The van der Waals surface area contributed by atoms with E-state index in [0.717, 1.165) is 12.8 Å². The molecule has 0 aliphatic carbocycles. The van der Waals surface area contributed by atoms with Crippen LogP contribution < -0.4 is 15.2 Å². The first-order valence-corrected chi connectivity index (χ1v) is 13.2. The Labute approximate surface area is 246 Å². The van der Waals surface area contributed by atoms with Gasteiger partial charge in [-0.2, -0.15) is 0 Å². The lowest BCUT2D eigenvalue weighted by Gasteiger charge is -2.17. The van der Waals surface area contributed by atoms with Gasteiger partial charge in [-0.1, -0.05) is 36.5 Å². The largest absolute Gasteiger partial charge is 0.507 e. The van der Waals surface area contributed by atoms with Crippen LogP contribution in [0.2, 0.25) is 10.0 Å². The zero-order chi connectivity index (χ0) is 30.6. The summed E-state index contributed by atoms with van der Waals surface area (Å²) in [7, 11) is 1.17. The van der Waals surface area contributed by atoms with Gasteiger partial charge in [-0.05, 0) is 57.0 Å². The Kier molecular flexibility index (Phi) is 9.96. The van der Waals surface area contributed by atoms with E-state index in [2.05, 4.69) is 6.92 Å². The summed E-state index contributed by atoms with van der Waals surface area (Å²) in [6, 6.07) is 6.72. The maximum atomic E-state index is 12.7. The molecule has 0 atom stereocenters. The van der Waals surface area contributed by atoms with E-state index in [9.17, 15) is 24.6 Å². The number of phenolic OH excluding ortho intramolecular Hbond substituents is 2. The summed E-state index contributed by atoms with van der Waals surface area (Å²) in [5, 5.41) is 20.1. The number of halogens is 2. The Bertz CT molecular complexity index is 1520. The van der Waals surface area contributed by atoms with E-state index in [1.54, 1.807) is 24.3 Å². The second-order valence-corrected chi connectivity index (χ2v) is 9.79. The van der Waals surface area contributed by atoms with E-state index < -0.39 is 23.4 Å². The van der Waals surface area contributed by atoms with Gasteiger partial charge in [0.2, 0.25) is 0 Å². The Morgan fingerprint density at radius 2 is 1.49 bits per heavy atom. The second-order valence-electron chi connectivity index (χ2n) is 9.03. The van der Waals surface area contributed by atoms with E-state index in [4.69, 9.17) is 47.9 Å². The molecule has 1 aliphatic heterocycles. The van der Waals surface area contributed by atoms with Gasteiger partial charge in [-0.3, -0.25) is 0 Å². The van der Waals surface area contributed by atoms with Crippen LogP contribution in [0.25, 0.3) is 0 Å². The first-order valence-electron chi connectivity index (χ1n) is 12.4. The topological polar surface area (TPSA) is 155 Å². The number of fused-ring (bicyclic) bond motifs is 2. The number of phenols is 2. The maximum absolute atomic E-state index is 12.7. The van der Waals surface area contributed by atoms with Gasteiger partial charge in [0.15, 0.2) is 23.0 Å². The van der Waals surface area contributed by atoms with Crippen molar-refractivity contribution in [3.05, 3.63) is 67.7 Å². The fourth-order valence-electron chi connectivity index (χ4n) is 3.89. The van der Waals surface area contributed by atoms with Crippen molar-refractivity contribution in [3.63, 3.8) is 0 Å². The molecule has 41 heavy (non-hydrogen) atoms. The molecule has 0 unspecified atom stereocenters. The van der Waals surface area contributed by atoms with Gasteiger partial charge < -0.3 is 34.9 Å². The number of rotatable bonds is 5. The lowest BCUT2D eigenvalue weighted by Crippen LogP contribution is -2.11. The molecule has 218 valence electrons. The van der Waals surface area contributed by atoms with Crippen LogP contribution in [-0.2, 0) is 9.47 Å². The lowest BCUT2D eigenvalue weighted by molar-refractivity contribution is 0.0498. The summed E-state index contributed by atoms with van der Waals surface area (Å²) in [5.74, 6) is -3.02. The molecule has 4 rings (SSSR count). The molecule has 0 saturated carbocycles. The molecule has 0 spiro atoms. The van der Waals surface area contributed by atoms with Crippen LogP contribution in [0.4, 0.5) is 5.69 Å². The molecule has 0 saturated heterocycles. The summed E-state index contributed by atoms with van der Waals surface area (Å²) >= 11 is 12.2. The third-order valence-electron chi connectivity index (χ3n) is 6.27. The minimum Gasteiger partial charge on any atom is -0.507 e. The van der Waals surface area contributed by atoms with Gasteiger partial charge in [0.05, 0.1) is 24.3 Å². The smallest absolute Gasteiger partial charge is 0.347 e. The Balaban J connectivity index is 0.000000278. The standard InChI is InChI=1S/C18H14Cl2O7.C11H15NO2/c1-5-9-16(11(20)13(22)10(5)19)26-14-6(2)8(17(23)25-4)12(21)7(3)15(14)27-18(9)24;1-2-3-8-14-11(13)9-4-6-10(12)7-5-9/h21-22H,1-4H3;4-7H,2-3,8,12H2,1H3. The Hall–Kier alpha value is -4.15. The molecule has 3 aromatic rings. The molecular formula is C29H29Cl2NO9. The minimum absolute atomic E-state index is 0.0131. The summed E-state index contributed by atoms with van der Waals surface area (Å²) in [6.45, 7) is 6.97. The molecule has 0 radical (unpaired) electrons. The molecule has 12 heteroatoms. The fourth-order valence-corrected chi connectivity index (χ4v) is 4.36. The molecule has 0 amide bonds. The molecule has 1 aliphatic rings. The average Bonchev–Trinajstić information content (AvgIpc) is 3.11. The summed E-state index contributed by atoms with van der Waals surface area (Å²) in [6.07, 6.45) is 1.93. The average molecular weight is 606 g/mol. The van der Waals surface area contributed by atoms with Gasteiger partial charge in [0, 0.05) is 16.8 Å². The van der Waals surface area contributed by atoms with Crippen LogP contribution in [0.15, 0.2) is 24.3 Å². The highest BCUT2D eigenvalue weighted by Gasteiger charge is 2.35. The van der Waals surface area contributed by atoms with Crippen LogP contribution in [0.3, 0.4) is 0 Å². The third kappa shape index (κ3) is 6.28. The van der Waals surface area contributed by atoms with Crippen molar-refractivity contribution in [3.8, 4) is 28.7 Å². The zero-order valence-electron chi connectivity index (χ0n) is 23.0. The number of hydrogen-bond acceptors (Lipinski definition) is 10. The molecular weight excluding hydrogens is 577 g/mol. The van der Waals surface area contributed by atoms with Gasteiger partial charge in [-0.15, -0.1) is 0 Å². The molecule has 0 fully saturated rings. The second kappa shape index (κ2) is 13.0. The van der Waals surface area contributed by atoms with E-state index >= 15 is 0 Å². The van der Waals surface area contributed by atoms with E-state index in [1.807, 2.05) is 0 Å². The summed E-state index contributed by atoms with van der Waals surface area (Å²) in [4.78, 5) is 36.1. The number of nitrogen functional groups attached to an aromatic ring is 1. The molecule has 0 bridgehead atoms. The van der Waals surface area contributed by atoms with Crippen LogP contribution >= 0.6 is 23.2 Å². The molecule has 1 heterocycles. The van der Waals surface area contributed by atoms with Gasteiger partial charge in [-0.25, -0.2) is 14.4 Å². The van der Waals surface area contributed by atoms with Crippen molar-refractivity contribution in [2.24, 2.45) is 0 Å². The number of ether oxygens (including phenoxy) is 4. The number of methoxy groups -OCH3 is 1. The van der Waals surface area contributed by atoms with Crippen molar-refractivity contribution in [2.45, 2.75) is 40.5 Å². The number of unbranched alkanes of at least 4 members (excludes halogenated alkanes) is 1. The number of aromatic hydroxyl groups is 2. The molecule has 0 aromatic heterocycles. The van der Waals surface area contributed by atoms with Crippen molar-refractivity contribution < 1.29 is 43.5 Å². The summed E-state index contributed by atoms with van der Waals surface area (Å²) in [5.41, 5.74) is 6.96. The number of anilines is 1. The SMILES string of the molecule is CCCCOC(=O)c1ccc(N)cc1.COC(=O)c1c(C)c2c(c(C)c1O)OC(=O)c1c(C)c(Cl)c(O)c(Cl)c1O2. The number of carbonyl (C=O) groups excluding carboxylic acids is 3. The maximum Gasteiger partial charge on any atom is 0.347 e. The van der Waals surface area contributed by atoms with Crippen molar-refractivity contribution in [1.82, 2.24) is 0 Å². The zero-order valence-corrected chi connectivity index (χ0v) is 24.5. The lowest BCUT2D eigenvalue weighted by atomic mass is 10.0. The minimum atomic E-state index is -0.835. The number of hydrogen-bond donors (Lipinski definition) is 3. The highest BCUT2D eigenvalue weighted by Crippen LogP contribution is 2.52. The van der Waals surface area contributed by atoms with E-state index in [0.29, 0.717) is 17.9 Å². The Morgan fingerprint density at radius 3 is 2.07 bits per heavy atom. The van der Waals surface area contributed by atoms with Crippen molar-refractivity contribution in [1.29, 1.82) is 0 Å². The van der Waals surface area contributed by atoms with E-state index in [-0.39, 0.29) is 61.1 Å². The van der Waals surface area contributed by atoms with Gasteiger partial charge in [0.1, 0.15) is 21.9 Å². The van der Waals surface area contributed by atoms with Crippen LogP contribution in [-0.4, -0.2) is 41.8 Å². The fraction of sp³-hybridized carbons (Fsp3) is 0.276. The number of carbonyl (C=O) groups is 3. The van der Waals surface area contributed by atoms with Crippen LogP contribution in [0.5, 0.6) is 28.7 Å². The van der Waals surface area contributed by atoms with Crippen molar-refractivity contribution in [2.75, 3.05) is 19.5 Å². The highest BCUT2D eigenvalue weighted by atomic mass is 35.5. The first-order chi connectivity index (χ1) is 19.3. The molecule has 3 aromatic carbocycles. The number of esters is 3. The Morgan fingerprint density at radius 1 is 0.878 bits per heavy atom. The quantitative estimate of drug-likeness (QED) is 0.124. The number of nitrogens with two attached hydrogens (primary N) is 1. The number of benzene rings is 3. The third-order valence-corrected chi connectivity index (χ3v) is 7.08. The predicted octanol–water partition coefficient (Wildman–Crippen LogP) is 6.67. The van der Waals surface area contributed by atoms with Crippen LogP contribution in [0.1, 0.15) is 67.5 Å². The van der Waals surface area contributed by atoms with Crippen LogP contribution in [0, 0.1) is 20.8 Å². The normalized spacial score (nSPS) is 11.5. The molecule has 10 nitrogen and oxygen atoms in total. The van der Waals surface area contributed by atoms with Crippen molar-refractivity contribution >= 4 is 46.8 Å².